The number of aliphatic hydroxyl groups is 1. The number of nitrogens with one attached hydrogen (secondary N) is 2. The van der Waals surface area contributed by atoms with Gasteiger partial charge in [0.05, 0.1) is 17.1 Å². The van der Waals surface area contributed by atoms with E-state index in [1.54, 1.807) is 18.2 Å². The maximum Gasteiger partial charge on any atom is 0.335 e. The zero-order valence-electron chi connectivity index (χ0n) is 33.6. The molecule has 0 spiro atoms. The van der Waals surface area contributed by atoms with Crippen molar-refractivity contribution in [3.8, 4) is 0 Å². The van der Waals surface area contributed by atoms with Crippen molar-refractivity contribution in [3.05, 3.63) is 82.9 Å². The van der Waals surface area contributed by atoms with E-state index >= 15 is 0 Å². The molecule has 10 atom stereocenters. The Balaban J connectivity index is 1.04. The standard InChI is InChI=1S/C47H64N2O5/c1-29(2)34-17-23-47(42(54)48-26-20-30-9-8-10-33(27-30)40(51)49-28-31-11-13-32(14-12-31)41(52)53)25-24-45(6)35(39(34)47)15-16-37-44(5)21-19-38(50)43(3,4)36(44)18-22-46(37,45)7/h8-14,27,34-39,50H,1,15-26,28H2,2-7H3,(H,48,54)(H,49,51)(H,52,53)/t34?,35?,36?,37?,38?,39?,44?,45-,46+,47?/m1/s1. The summed E-state index contributed by atoms with van der Waals surface area (Å²) in [6.07, 6.45) is 11.2. The molecule has 5 aliphatic carbocycles. The minimum Gasteiger partial charge on any atom is -0.478 e. The molecule has 2 amide bonds. The number of aliphatic hydroxyl groups excluding tert-OH is 1. The number of carboxylic acid groups (broad SMARTS) is 1. The first-order chi connectivity index (χ1) is 25.5. The van der Waals surface area contributed by atoms with Crippen LogP contribution < -0.4 is 10.6 Å². The molecule has 0 heterocycles. The lowest BCUT2D eigenvalue weighted by atomic mass is 9.32. The highest BCUT2D eigenvalue weighted by Crippen LogP contribution is 2.77. The Kier molecular flexibility index (Phi) is 10.0. The summed E-state index contributed by atoms with van der Waals surface area (Å²) in [6.45, 7) is 20.0. The number of allylic oxidation sites excluding steroid dienone is 1. The largest absolute Gasteiger partial charge is 0.478 e. The quantitative estimate of drug-likeness (QED) is 0.192. The summed E-state index contributed by atoms with van der Waals surface area (Å²) in [6, 6.07) is 14.1. The van der Waals surface area contributed by atoms with Crippen LogP contribution in [-0.4, -0.2) is 40.6 Å². The van der Waals surface area contributed by atoms with Crippen LogP contribution in [0.5, 0.6) is 0 Å². The minimum atomic E-state index is -0.978. The number of carbonyl (C=O) groups is 3. The second kappa shape index (κ2) is 13.9. The highest BCUT2D eigenvalue weighted by atomic mass is 16.4. The van der Waals surface area contributed by atoms with Gasteiger partial charge in [0.1, 0.15) is 0 Å². The summed E-state index contributed by atoms with van der Waals surface area (Å²) in [7, 11) is 0. The van der Waals surface area contributed by atoms with Crippen LogP contribution in [-0.2, 0) is 17.8 Å². The summed E-state index contributed by atoms with van der Waals surface area (Å²) in [5, 5.41) is 26.6. The third-order valence-electron chi connectivity index (χ3n) is 17.0. The minimum absolute atomic E-state index is 0.0601. The van der Waals surface area contributed by atoms with Crippen molar-refractivity contribution in [2.75, 3.05) is 6.54 Å². The monoisotopic (exact) mass is 736 g/mol. The third-order valence-corrected chi connectivity index (χ3v) is 17.0. The Bertz CT molecular complexity index is 1800. The number of carboxylic acids is 1. The molecule has 0 radical (unpaired) electrons. The Morgan fingerprint density at radius 2 is 1.52 bits per heavy atom. The zero-order valence-corrected chi connectivity index (χ0v) is 33.6. The van der Waals surface area contributed by atoms with Gasteiger partial charge in [-0.1, -0.05) is 71.0 Å². The first-order valence-corrected chi connectivity index (χ1v) is 20.8. The molecule has 2 aromatic rings. The predicted octanol–water partition coefficient (Wildman–Crippen LogP) is 8.99. The van der Waals surface area contributed by atoms with Gasteiger partial charge in [-0.15, -0.1) is 0 Å². The van der Waals surface area contributed by atoms with Gasteiger partial charge in [-0.05, 0) is 164 Å². The molecule has 5 aliphatic rings. The van der Waals surface area contributed by atoms with Gasteiger partial charge in [-0.3, -0.25) is 9.59 Å². The van der Waals surface area contributed by atoms with Crippen LogP contribution >= 0.6 is 0 Å². The second-order valence-electron chi connectivity index (χ2n) is 19.6. The molecule has 0 bridgehead atoms. The van der Waals surface area contributed by atoms with E-state index in [4.69, 9.17) is 5.11 Å². The SMILES string of the molecule is C=C(C)C1CCC2(C(=O)NCCc3cccc(C(=O)NCc4ccc(C(=O)O)cc4)c3)CC[C@]3(C)C(CCC4C5(C)CCC(O)C(C)(C)C5CC[C@@]43C)C12. The van der Waals surface area contributed by atoms with Gasteiger partial charge in [0.25, 0.3) is 5.91 Å². The van der Waals surface area contributed by atoms with E-state index in [0.29, 0.717) is 54.7 Å². The summed E-state index contributed by atoms with van der Waals surface area (Å²) in [5.74, 6) is 1.36. The molecule has 7 nitrogen and oxygen atoms in total. The molecular weight excluding hydrogens is 673 g/mol. The van der Waals surface area contributed by atoms with Gasteiger partial charge in [0.15, 0.2) is 0 Å². The van der Waals surface area contributed by atoms with Crippen molar-refractivity contribution in [3.63, 3.8) is 0 Å². The average Bonchev–Trinajstić information content (AvgIpc) is 3.54. The maximum atomic E-state index is 14.6. The molecule has 292 valence electrons. The van der Waals surface area contributed by atoms with Crippen molar-refractivity contribution in [1.82, 2.24) is 10.6 Å². The number of benzene rings is 2. The Morgan fingerprint density at radius 1 is 0.778 bits per heavy atom. The molecular formula is C47H64N2O5. The number of fused-ring (bicyclic) bond motifs is 7. The number of carbonyl (C=O) groups excluding carboxylic acids is 2. The number of hydrogen-bond acceptors (Lipinski definition) is 4. The fourth-order valence-electron chi connectivity index (χ4n) is 13.9. The zero-order chi connectivity index (χ0) is 38.8. The summed E-state index contributed by atoms with van der Waals surface area (Å²) in [5.41, 5.74) is 3.98. The molecule has 0 aliphatic heterocycles. The molecule has 2 aromatic carbocycles. The van der Waals surface area contributed by atoms with Crippen LogP contribution in [0.1, 0.15) is 138 Å². The van der Waals surface area contributed by atoms with Gasteiger partial charge in [0.2, 0.25) is 5.91 Å². The van der Waals surface area contributed by atoms with Gasteiger partial charge in [0, 0.05) is 18.7 Å². The van der Waals surface area contributed by atoms with Crippen LogP contribution in [0.3, 0.4) is 0 Å². The van der Waals surface area contributed by atoms with E-state index in [0.717, 1.165) is 49.7 Å². The average molecular weight is 737 g/mol. The van der Waals surface area contributed by atoms with Gasteiger partial charge in [-0.25, -0.2) is 4.79 Å². The van der Waals surface area contributed by atoms with Crippen LogP contribution in [0.4, 0.5) is 0 Å². The van der Waals surface area contributed by atoms with Crippen LogP contribution in [0.2, 0.25) is 0 Å². The third kappa shape index (κ3) is 6.06. The lowest BCUT2D eigenvalue weighted by Crippen LogP contribution is -2.67. The van der Waals surface area contributed by atoms with E-state index in [9.17, 15) is 19.5 Å². The lowest BCUT2D eigenvalue weighted by molar-refractivity contribution is -0.246. The number of aromatic carboxylic acids is 1. The normalized spacial score (nSPS) is 37.8. The van der Waals surface area contributed by atoms with Crippen LogP contribution in [0.25, 0.3) is 0 Å². The van der Waals surface area contributed by atoms with Crippen LogP contribution in [0.15, 0.2) is 60.7 Å². The van der Waals surface area contributed by atoms with Crippen molar-refractivity contribution in [2.45, 2.75) is 125 Å². The Hall–Kier alpha value is -3.45. The van der Waals surface area contributed by atoms with E-state index in [1.807, 2.05) is 18.2 Å². The van der Waals surface area contributed by atoms with Crippen molar-refractivity contribution in [2.24, 2.45) is 56.7 Å². The molecule has 8 unspecified atom stereocenters. The lowest BCUT2D eigenvalue weighted by Gasteiger charge is -2.72. The van der Waals surface area contributed by atoms with Gasteiger partial charge >= 0.3 is 5.97 Å². The number of hydrogen-bond donors (Lipinski definition) is 4. The van der Waals surface area contributed by atoms with Crippen molar-refractivity contribution >= 4 is 17.8 Å². The first-order valence-electron chi connectivity index (χ1n) is 20.8. The summed E-state index contributed by atoms with van der Waals surface area (Å²) < 4.78 is 0. The fourth-order valence-corrected chi connectivity index (χ4v) is 13.9. The predicted molar refractivity (Wildman–Crippen MR) is 213 cm³/mol. The fraction of sp³-hybridized carbons (Fsp3) is 0.638. The molecule has 0 saturated heterocycles. The van der Waals surface area contributed by atoms with Crippen molar-refractivity contribution < 1.29 is 24.6 Å². The smallest absolute Gasteiger partial charge is 0.335 e. The number of amides is 2. The van der Waals surface area contributed by atoms with E-state index < -0.39 is 5.97 Å². The number of rotatable bonds is 9. The molecule has 5 fully saturated rings. The Labute approximate surface area is 323 Å². The van der Waals surface area contributed by atoms with E-state index in [1.165, 1.54) is 43.4 Å². The van der Waals surface area contributed by atoms with Gasteiger partial charge in [-0.2, -0.15) is 0 Å². The second-order valence-corrected chi connectivity index (χ2v) is 19.6. The molecule has 7 heteroatoms. The highest BCUT2D eigenvalue weighted by molar-refractivity contribution is 5.94. The van der Waals surface area contributed by atoms with Crippen LogP contribution in [0, 0.1) is 56.7 Å². The molecule has 4 N–H and O–H groups in total. The summed E-state index contributed by atoms with van der Waals surface area (Å²) >= 11 is 0. The maximum absolute atomic E-state index is 14.6. The highest BCUT2D eigenvalue weighted by Gasteiger charge is 2.71. The van der Waals surface area contributed by atoms with Gasteiger partial charge < -0.3 is 20.8 Å². The van der Waals surface area contributed by atoms with Crippen molar-refractivity contribution in [1.29, 1.82) is 0 Å². The Morgan fingerprint density at radius 3 is 2.22 bits per heavy atom. The summed E-state index contributed by atoms with van der Waals surface area (Å²) in [4.78, 5) is 38.8. The molecule has 5 saturated carbocycles. The topological polar surface area (TPSA) is 116 Å². The molecule has 7 rings (SSSR count). The molecule has 54 heavy (non-hydrogen) atoms. The first kappa shape index (κ1) is 38.8. The molecule has 0 aromatic heterocycles. The van der Waals surface area contributed by atoms with E-state index in [-0.39, 0.29) is 50.6 Å². The van der Waals surface area contributed by atoms with E-state index in [2.05, 4.69) is 58.8 Å².